The largest absolute Gasteiger partial charge is 0.563 e. The summed E-state index contributed by atoms with van der Waals surface area (Å²) in [5, 5.41) is 0. The quantitative estimate of drug-likeness (QED) is 0.803. The van der Waals surface area contributed by atoms with Crippen molar-refractivity contribution >= 4 is 7.48 Å². The van der Waals surface area contributed by atoms with Crippen molar-refractivity contribution in [2.24, 2.45) is 17.4 Å². The van der Waals surface area contributed by atoms with Gasteiger partial charge in [0.2, 0.25) is 0 Å². The predicted molar refractivity (Wildman–Crippen MR) is 91.0 cm³/mol. The maximum atomic E-state index is 5.94. The summed E-state index contributed by atoms with van der Waals surface area (Å²) in [6.07, 6.45) is 3.21. The molecule has 117 valence electrons. The van der Waals surface area contributed by atoms with Gasteiger partial charge in [0.1, 0.15) is 5.75 Å². The smallest absolute Gasteiger partial charge is 0.370 e. The summed E-state index contributed by atoms with van der Waals surface area (Å²) in [7, 11) is 1.92. The molecule has 1 fully saturated rings. The fraction of sp³-hybridized carbons (Fsp3) is 0.529. The summed E-state index contributed by atoms with van der Waals surface area (Å²) in [5.41, 5.74) is 16.2. The van der Waals surface area contributed by atoms with Crippen LogP contribution in [-0.2, 0) is 12.8 Å². The summed E-state index contributed by atoms with van der Waals surface area (Å²) >= 11 is 0. The van der Waals surface area contributed by atoms with E-state index >= 15 is 0 Å². The fourth-order valence-corrected chi connectivity index (χ4v) is 3.39. The van der Waals surface area contributed by atoms with E-state index in [1.54, 1.807) is 0 Å². The van der Waals surface area contributed by atoms with E-state index in [-0.39, 0.29) is 6.04 Å². The molecule has 0 spiro atoms. The Balaban J connectivity index is 1.56. The standard InChI is InChI=1S/C17H25BN3O/c1-11-15(4-3-14-5-6-18-22-17(11)14)7-13-8-21(9-13)10-16(20)12(2)19/h3-4,13,16H,2,5-10,19-20H2,1H3. The summed E-state index contributed by atoms with van der Waals surface area (Å²) in [6, 6.07) is 4.39. The van der Waals surface area contributed by atoms with Crippen molar-refractivity contribution in [2.75, 3.05) is 19.6 Å². The highest BCUT2D eigenvalue weighted by molar-refractivity contribution is 6.29. The Bertz CT molecular complexity index is 569. The Labute approximate surface area is 133 Å². The van der Waals surface area contributed by atoms with Crippen LogP contribution in [0, 0.1) is 12.8 Å². The number of fused-ring (bicyclic) bond motifs is 1. The Hall–Kier alpha value is -1.46. The van der Waals surface area contributed by atoms with Gasteiger partial charge in [-0.25, -0.2) is 0 Å². The Morgan fingerprint density at radius 1 is 1.50 bits per heavy atom. The van der Waals surface area contributed by atoms with Gasteiger partial charge in [0, 0.05) is 25.3 Å². The van der Waals surface area contributed by atoms with E-state index in [9.17, 15) is 0 Å². The monoisotopic (exact) mass is 298 g/mol. The molecule has 0 aliphatic carbocycles. The maximum absolute atomic E-state index is 5.94. The lowest BCUT2D eigenvalue weighted by atomic mass is 9.83. The van der Waals surface area contributed by atoms with Crippen molar-refractivity contribution in [3.8, 4) is 5.75 Å². The lowest BCUT2D eigenvalue weighted by Gasteiger charge is -2.41. The van der Waals surface area contributed by atoms with E-state index in [0.717, 1.165) is 44.5 Å². The highest BCUT2D eigenvalue weighted by atomic mass is 16.4. The van der Waals surface area contributed by atoms with Crippen LogP contribution in [0.2, 0.25) is 6.32 Å². The van der Waals surface area contributed by atoms with Gasteiger partial charge in [0.05, 0.1) is 6.04 Å². The summed E-state index contributed by atoms with van der Waals surface area (Å²) in [6.45, 7) is 8.88. The van der Waals surface area contributed by atoms with Crippen LogP contribution in [0.25, 0.3) is 0 Å². The van der Waals surface area contributed by atoms with Crippen LogP contribution in [0.1, 0.15) is 16.7 Å². The van der Waals surface area contributed by atoms with Gasteiger partial charge in [-0.2, -0.15) is 0 Å². The first kappa shape index (κ1) is 15.4. The number of nitrogens with zero attached hydrogens (tertiary/aromatic N) is 1. The molecule has 3 rings (SSSR count). The Morgan fingerprint density at radius 3 is 3.00 bits per heavy atom. The molecule has 1 radical (unpaired) electrons. The third-order valence-corrected chi connectivity index (χ3v) is 4.80. The van der Waals surface area contributed by atoms with Crippen LogP contribution in [0.5, 0.6) is 5.75 Å². The van der Waals surface area contributed by atoms with Crippen molar-refractivity contribution in [1.82, 2.24) is 4.90 Å². The lowest BCUT2D eigenvalue weighted by Crippen LogP contribution is -2.52. The lowest BCUT2D eigenvalue weighted by molar-refractivity contribution is 0.0969. The normalized spacial score (nSPS) is 19.5. The average molecular weight is 298 g/mol. The zero-order valence-electron chi connectivity index (χ0n) is 13.3. The zero-order valence-corrected chi connectivity index (χ0v) is 13.3. The highest BCUT2D eigenvalue weighted by Crippen LogP contribution is 2.32. The van der Waals surface area contributed by atoms with Gasteiger partial charge in [-0.15, -0.1) is 0 Å². The van der Waals surface area contributed by atoms with Gasteiger partial charge >= 0.3 is 7.48 Å². The van der Waals surface area contributed by atoms with Gasteiger partial charge in [-0.05, 0) is 48.7 Å². The molecular weight excluding hydrogens is 273 g/mol. The molecule has 0 amide bonds. The molecule has 0 aromatic heterocycles. The minimum Gasteiger partial charge on any atom is -0.563 e. The highest BCUT2D eigenvalue weighted by Gasteiger charge is 2.29. The molecule has 1 aromatic rings. The number of hydrogen-bond acceptors (Lipinski definition) is 4. The number of benzene rings is 1. The van der Waals surface area contributed by atoms with E-state index in [1.165, 1.54) is 16.7 Å². The first-order valence-corrected chi connectivity index (χ1v) is 8.06. The van der Waals surface area contributed by atoms with Gasteiger partial charge in [-0.1, -0.05) is 18.7 Å². The summed E-state index contributed by atoms with van der Waals surface area (Å²) in [5.74, 6) is 1.78. The van der Waals surface area contributed by atoms with E-state index in [4.69, 9.17) is 16.1 Å². The average Bonchev–Trinajstić information content (AvgIpc) is 2.47. The number of nitrogens with two attached hydrogens (primary N) is 2. The predicted octanol–water partition coefficient (Wildman–Crippen LogP) is 1.24. The molecule has 4 N–H and O–H groups in total. The third kappa shape index (κ3) is 3.15. The molecule has 1 aromatic carbocycles. The minimum atomic E-state index is -0.115. The van der Waals surface area contributed by atoms with Gasteiger partial charge in [0.25, 0.3) is 0 Å². The number of rotatable bonds is 5. The van der Waals surface area contributed by atoms with Crippen molar-refractivity contribution in [1.29, 1.82) is 0 Å². The summed E-state index contributed by atoms with van der Waals surface area (Å²) < 4.78 is 5.75. The summed E-state index contributed by atoms with van der Waals surface area (Å²) in [4.78, 5) is 2.35. The first-order chi connectivity index (χ1) is 10.5. The topological polar surface area (TPSA) is 64.5 Å². The molecular formula is C17H25BN3O. The van der Waals surface area contributed by atoms with Gasteiger partial charge in [0.15, 0.2) is 0 Å². The molecule has 2 heterocycles. The fourth-order valence-electron chi connectivity index (χ4n) is 3.39. The molecule has 0 bridgehead atoms. The molecule has 1 atom stereocenters. The van der Waals surface area contributed by atoms with E-state index in [2.05, 4.69) is 30.5 Å². The molecule has 2 aliphatic rings. The van der Waals surface area contributed by atoms with E-state index in [1.807, 2.05) is 7.48 Å². The van der Waals surface area contributed by atoms with Gasteiger partial charge < -0.3 is 21.0 Å². The van der Waals surface area contributed by atoms with Crippen LogP contribution in [0.3, 0.4) is 0 Å². The molecule has 1 unspecified atom stereocenters. The number of aryl methyl sites for hydroxylation is 1. The maximum Gasteiger partial charge on any atom is 0.370 e. The number of likely N-dealkylation sites (tertiary alicyclic amines) is 1. The second-order valence-corrected chi connectivity index (χ2v) is 6.63. The van der Waals surface area contributed by atoms with Gasteiger partial charge in [-0.3, -0.25) is 0 Å². The molecule has 5 heteroatoms. The van der Waals surface area contributed by atoms with Crippen LogP contribution in [0.15, 0.2) is 24.4 Å². The van der Waals surface area contributed by atoms with Crippen LogP contribution < -0.4 is 16.1 Å². The molecule has 0 saturated carbocycles. The Morgan fingerprint density at radius 2 is 2.27 bits per heavy atom. The molecule has 22 heavy (non-hydrogen) atoms. The SMILES string of the molecule is C=C(N)C(N)CN1CC(Cc2ccc3c(c2C)O[B]CC3)C1. The Kier molecular flexibility index (Phi) is 4.45. The van der Waals surface area contributed by atoms with Crippen LogP contribution >= 0.6 is 0 Å². The van der Waals surface area contributed by atoms with Crippen molar-refractivity contribution < 1.29 is 4.65 Å². The first-order valence-electron chi connectivity index (χ1n) is 8.06. The molecule has 4 nitrogen and oxygen atoms in total. The van der Waals surface area contributed by atoms with Crippen molar-refractivity contribution in [3.05, 3.63) is 41.1 Å². The number of hydrogen-bond donors (Lipinski definition) is 2. The third-order valence-electron chi connectivity index (χ3n) is 4.80. The zero-order chi connectivity index (χ0) is 15.7. The molecule has 2 aliphatic heterocycles. The van der Waals surface area contributed by atoms with Crippen LogP contribution in [-0.4, -0.2) is 38.1 Å². The minimum absolute atomic E-state index is 0.115. The van der Waals surface area contributed by atoms with E-state index in [0.29, 0.717) is 11.6 Å². The van der Waals surface area contributed by atoms with Crippen molar-refractivity contribution in [2.45, 2.75) is 32.1 Å². The van der Waals surface area contributed by atoms with Crippen molar-refractivity contribution in [3.63, 3.8) is 0 Å². The van der Waals surface area contributed by atoms with Crippen LogP contribution in [0.4, 0.5) is 0 Å². The molecule has 1 saturated heterocycles. The second kappa shape index (κ2) is 6.35. The van der Waals surface area contributed by atoms with E-state index < -0.39 is 0 Å². The second-order valence-electron chi connectivity index (χ2n) is 6.63.